The average Bonchev–Trinajstić information content (AvgIpc) is 2.69. The van der Waals surface area contributed by atoms with Crippen LogP contribution in [0.2, 0.25) is 0 Å². The molecule has 0 bridgehead atoms. The van der Waals surface area contributed by atoms with E-state index in [0.29, 0.717) is 18.0 Å². The SMILES string of the molecule is COc1ccccc1NC(=O)NCCN1CCN(c2ccccc2)CC1. The molecule has 1 heterocycles. The van der Waals surface area contributed by atoms with Gasteiger partial charge in [0.25, 0.3) is 0 Å². The lowest BCUT2D eigenvalue weighted by Crippen LogP contribution is -2.48. The summed E-state index contributed by atoms with van der Waals surface area (Å²) < 4.78 is 5.24. The quantitative estimate of drug-likeness (QED) is 0.837. The molecule has 1 aliphatic heterocycles. The first-order valence-corrected chi connectivity index (χ1v) is 8.96. The predicted molar refractivity (Wildman–Crippen MR) is 105 cm³/mol. The predicted octanol–water partition coefficient (Wildman–Crippen LogP) is 2.64. The van der Waals surface area contributed by atoms with Crippen LogP contribution in [0.15, 0.2) is 54.6 Å². The van der Waals surface area contributed by atoms with Gasteiger partial charge in [-0.1, -0.05) is 30.3 Å². The van der Waals surface area contributed by atoms with Crippen molar-refractivity contribution in [2.24, 2.45) is 0 Å². The summed E-state index contributed by atoms with van der Waals surface area (Å²) in [5.41, 5.74) is 1.95. The molecule has 26 heavy (non-hydrogen) atoms. The fourth-order valence-corrected chi connectivity index (χ4v) is 3.11. The van der Waals surface area contributed by atoms with Crippen LogP contribution in [0, 0.1) is 0 Å². The minimum atomic E-state index is -0.211. The van der Waals surface area contributed by atoms with Gasteiger partial charge < -0.3 is 20.3 Å². The molecular weight excluding hydrogens is 328 g/mol. The zero-order chi connectivity index (χ0) is 18.2. The highest BCUT2D eigenvalue weighted by Crippen LogP contribution is 2.22. The number of anilines is 2. The molecule has 2 aromatic carbocycles. The molecule has 0 unspecified atom stereocenters. The Morgan fingerprint density at radius 2 is 1.69 bits per heavy atom. The summed E-state index contributed by atoms with van der Waals surface area (Å²) in [5.74, 6) is 0.652. The Hall–Kier alpha value is -2.73. The van der Waals surface area contributed by atoms with Crippen LogP contribution in [0.25, 0.3) is 0 Å². The summed E-state index contributed by atoms with van der Waals surface area (Å²) in [6.45, 7) is 5.50. The standard InChI is InChI=1S/C20H26N4O2/c1-26-19-10-6-5-9-18(19)22-20(25)21-11-12-23-13-15-24(16-14-23)17-7-3-2-4-8-17/h2-10H,11-16H2,1H3,(H2,21,22,25). The number of piperazine rings is 1. The molecule has 0 saturated carbocycles. The largest absolute Gasteiger partial charge is 0.495 e. The summed E-state index contributed by atoms with van der Waals surface area (Å²) in [5, 5.41) is 5.74. The number of nitrogens with zero attached hydrogens (tertiary/aromatic N) is 2. The van der Waals surface area contributed by atoms with Crippen molar-refractivity contribution in [1.29, 1.82) is 0 Å². The molecule has 0 aromatic heterocycles. The van der Waals surface area contributed by atoms with E-state index in [2.05, 4.69) is 44.7 Å². The molecule has 0 spiro atoms. The molecule has 1 aliphatic rings. The van der Waals surface area contributed by atoms with Crippen LogP contribution in [0.5, 0.6) is 5.75 Å². The third-order valence-corrected chi connectivity index (χ3v) is 4.56. The number of rotatable bonds is 6. The number of para-hydroxylation sites is 3. The number of carbonyl (C=O) groups is 1. The van der Waals surface area contributed by atoms with Crippen molar-refractivity contribution in [1.82, 2.24) is 10.2 Å². The topological polar surface area (TPSA) is 56.8 Å². The lowest BCUT2D eigenvalue weighted by atomic mass is 10.2. The summed E-state index contributed by atoms with van der Waals surface area (Å²) >= 11 is 0. The first-order chi connectivity index (χ1) is 12.8. The molecule has 0 radical (unpaired) electrons. The minimum Gasteiger partial charge on any atom is -0.495 e. The molecule has 2 aromatic rings. The number of nitrogens with one attached hydrogen (secondary N) is 2. The van der Waals surface area contributed by atoms with E-state index < -0.39 is 0 Å². The molecule has 0 atom stereocenters. The van der Waals surface area contributed by atoms with Crippen molar-refractivity contribution < 1.29 is 9.53 Å². The van der Waals surface area contributed by atoms with Crippen LogP contribution in [-0.2, 0) is 0 Å². The Balaban J connectivity index is 1.37. The number of hydrogen-bond acceptors (Lipinski definition) is 4. The van der Waals surface area contributed by atoms with Gasteiger partial charge in [0.1, 0.15) is 5.75 Å². The van der Waals surface area contributed by atoms with E-state index in [1.165, 1.54) is 5.69 Å². The normalized spacial score (nSPS) is 14.7. The molecule has 0 aliphatic carbocycles. The zero-order valence-corrected chi connectivity index (χ0v) is 15.1. The van der Waals surface area contributed by atoms with Crippen molar-refractivity contribution >= 4 is 17.4 Å². The van der Waals surface area contributed by atoms with Gasteiger partial charge in [0.05, 0.1) is 12.8 Å². The van der Waals surface area contributed by atoms with Gasteiger partial charge in [-0.2, -0.15) is 0 Å². The first-order valence-electron chi connectivity index (χ1n) is 8.96. The van der Waals surface area contributed by atoms with Crippen LogP contribution < -0.4 is 20.3 Å². The van der Waals surface area contributed by atoms with Crippen LogP contribution in [0.3, 0.4) is 0 Å². The van der Waals surface area contributed by atoms with Gasteiger partial charge in [-0.05, 0) is 24.3 Å². The monoisotopic (exact) mass is 354 g/mol. The van der Waals surface area contributed by atoms with Gasteiger partial charge in [-0.15, -0.1) is 0 Å². The molecule has 6 heteroatoms. The number of benzene rings is 2. The fraction of sp³-hybridized carbons (Fsp3) is 0.350. The smallest absolute Gasteiger partial charge is 0.319 e. The minimum absolute atomic E-state index is 0.211. The van der Waals surface area contributed by atoms with Gasteiger partial charge in [0, 0.05) is 45.0 Å². The molecule has 1 fully saturated rings. The summed E-state index contributed by atoms with van der Waals surface area (Å²) in [4.78, 5) is 16.8. The molecule has 6 nitrogen and oxygen atoms in total. The van der Waals surface area contributed by atoms with Gasteiger partial charge >= 0.3 is 6.03 Å². The van der Waals surface area contributed by atoms with Crippen molar-refractivity contribution in [2.75, 3.05) is 56.6 Å². The van der Waals surface area contributed by atoms with E-state index in [1.54, 1.807) is 7.11 Å². The van der Waals surface area contributed by atoms with Crippen molar-refractivity contribution in [3.8, 4) is 5.75 Å². The lowest BCUT2D eigenvalue weighted by molar-refractivity contribution is 0.240. The number of methoxy groups -OCH3 is 1. The fourth-order valence-electron chi connectivity index (χ4n) is 3.11. The Bertz CT molecular complexity index is 700. The Labute approximate surface area is 154 Å². The highest BCUT2D eigenvalue weighted by atomic mass is 16.5. The maximum atomic E-state index is 12.1. The number of amides is 2. The zero-order valence-electron chi connectivity index (χ0n) is 15.1. The number of ether oxygens (including phenoxy) is 1. The van der Waals surface area contributed by atoms with E-state index in [0.717, 1.165) is 32.7 Å². The molecule has 2 amide bonds. The second-order valence-corrected chi connectivity index (χ2v) is 6.25. The second-order valence-electron chi connectivity index (χ2n) is 6.25. The van der Waals surface area contributed by atoms with Crippen LogP contribution in [0.1, 0.15) is 0 Å². The van der Waals surface area contributed by atoms with E-state index in [1.807, 2.05) is 30.3 Å². The van der Waals surface area contributed by atoms with Crippen LogP contribution >= 0.6 is 0 Å². The van der Waals surface area contributed by atoms with Crippen LogP contribution in [0.4, 0.5) is 16.2 Å². The van der Waals surface area contributed by atoms with E-state index in [4.69, 9.17) is 4.74 Å². The maximum Gasteiger partial charge on any atom is 0.319 e. The Morgan fingerprint density at radius 3 is 2.42 bits per heavy atom. The molecular formula is C20H26N4O2. The summed E-state index contributed by atoms with van der Waals surface area (Å²) in [7, 11) is 1.59. The maximum absolute atomic E-state index is 12.1. The highest BCUT2D eigenvalue weighted by Gasteiger charge is 2.16. The van der Waals surface area contributed by atoms with Crippen molar-refractivity contribution in [2.45, 2.75) is 0 Å². The van der Waals surface area contributed by atoms with E-state index in [9.17, 15) is 4.79 Å². The van der Waals surface area contributed by atoms with Gasteiger partial charge in [0.15, 0.2) is 0 Å². The average molecular weight is 354 g/mol. The second kappa shape index (κ2) is 9.10. The van der Waals surface area contributed by atoms with Crippen LogP contribution in [-0.4, -0.2) is 57.3 Å². The Kier molecular flexibility index (Phi) is 6.33. The molecule has 138 valence electrons. The third kappa shape index (κ3) is 4.89. The van der Waals surface area contributed by atoms with E-state index in [-0.39, 0.29) is 6.03 Å². The highest BCUT2D eigenvalue weighted by molar-refractivity contribution is 5.90. The number of carbonyl (C=O) groups excluding carboxylic acids is 1. The summed E-state index contributed by atoms with van der Waals surface area (Å²) in [6.07, 6.45) is 0. The number of urea groups is 1. The summed E-state index contributed by atoms with van der Waals surface area (Å²) in [6, 6.07) is 17.7. The molecule has 3 rings (SSSR count). The van der Waals surface area contributed by atoms with Gasteiger partial charge in [0.2, 0.25) is 0 Å². The third-order valence-electron chi connectivity index (χ3n) is 4.56. The first kappa shape index (κ1) is 18.1. The van der Waals surface area contributed by atoms with Crippen molar-refractivity contribution in [3.05, 3.63) is 54.6 Å². The van der Waals surface area contributed by atoms with Gasteiger partial charge in [-0.25, -0.2) is 4.79 Å². The van der Waals surface area contributed by atoms with Crippen molar-refractivity contribution in [3.63, 3.8) is 0 Å². The molecule has 2 N–H and O–H groups in total. The van der Waals surface area contributed by atoms with Gasteiger partial charge in [-0.3, -0.25) is 4.90 Å². The Morgan fingerprint density at radius 1 is 1.00 bits per heavy atom. The van der Waals surface area contributed by atoms with E-state index >= 15 is 0 Å². The lowest BCUT2D eigenvalue weighted by Gasteiger charge is -2.36. The molecule has 1 saturated heterocycles. The number of hydrogen-bond donors (Lipinski definition) is 2.